The van der Waals surface area contributed by atoms with Gasteiger partial charge in [0.25, 0.3) is 0 Å². The first kappa shape index (κ1) is 9.48. The number of nitrogens with zero attached hydrogens (tertiary/aromatic N) is 1. The summed E-state index contributed by atoms with van der Waals surface area (Å²) in [5.41, 5.74) is -0.893. The number of aliphatic hydroxyl groups is 1. The van der Waals surface area contributed by atoms with E-state index in [4.69, 9.17) is 4.74 Å². The van der Waals surface area contributed by atoms with Crippen LogP contribution in [0.1, 0.15) is 13.8 Å². The first-order chi connectivity index (χ1) is 5.54. The Morgan fingerprint density at radius 2 is 2.33 bits per heavy atom. The zero-order chi connectivity index (χ0) is 9.19. The van der Waals surface area contributed by atoms with Crippen molar-refractivity contribution >= 4 is 6.41 Å². The van der Waals surface area contributed by atoms with Gasteiger partial charge >= 0.3 is 6.41 Å². The Bertz CT molecular complexity index is 164. The van der Waals surface area contributed by atoms with E-state index >= 15 is 0 Å². The van der Waals surface area contributed by atoms with Gasteiger partial charge in [0.05, 0.1) is 18.8 Å². The molecule has 4 nitrogen and oxygen atoms in total. The second-order valence-electron chi connectivity index (χ2n) is 3.55. The minimum absolute atomic E-state index is 0.298. The van der Waals surface area contributed by atoms with Gasteiger partial charge in [0.1, 0.15) is 6.10 Å². The monoisotopic (exact) mass is 172 g/mol. The van der Waals surface area contributed by atoms with Crippen molar-refractivity contribution in [1.82, 2.24) is 4.90 Å². The highest BCUT2D eigenvalue weighted by Crippen LogP contribution is 2.16. The van der Waals surface area contributed by atoms with Crippen LogP contribution in [0.3, 0.4) is 0 Å². The van der Waals surface area contributed by atoms with Crippen LogP contribution in [-0.2, 0) is 9.53 Å². The van der Waals surface area contributed by atoms with Gasteiger partial charge in [0.15, 0.2) is 0 Å². The average molecular weight is 172 g/mol. The molecule has 12 heavy (non-hydrogen) atoms. The van der Waals surface area contributed by atoms with Crippen molar-refractivity contribution in [2.75, 3.05) is 19.7 Å². The largest absolute Gasteiger partial charge is 0.388 e. The van der Waals surface area contributed by atoms with Crippen LogP contribution in [0.4, 0.5) is 0 Å². The molecule has 1 aliphatic heterocycles. The molecule has 1 saturated heterocycles. The van der Waals surface area contributed by atoms with E-state index in [-0.39, 0.29) is 6.10 Å². The predicted octanol–water partition coefficient (Wildman–Crippen LogP) is -0.475. The number of hydrogen-bond donors (Lipinski definition) is 1. The summed E-state index contributed by atoms with van der Waals surface area (Å²) >= 11 is 0. The molecule has 1 amide bonds. The molecule has 1 fully saturated rings. The molecule has 1 aliphatic rings. The smallest absolute Gasteiger partial charge is 0.312 e. The van der Waals surface area contributed by atoms with E-state index in [1.807, 2.05) is 0 Å². The van der Waals surface area contributed by atoms with E-state index in [1.165, 1.54) is 4.90 Å². The molecule has 0 aromatic carbocycles. The topological polar surface area (TPSA) is 49.8 Å². The summed E-state index contributed by atoms with van der Waals surface area (Å²) in [5, 5.41) is 9.57. The van der Waals surface area contributed by atoms with E-state index in [2.05, 4.69) is 0 Å². The van der Waals surface area contributed by atoms with Crippen molar-refractivity contribution in [2.45, 2.75) is 25.6 Å². The van der Waals surface area contributed by atoms with Gasteiger partial charge in [-0.05, 0) is 13.8 Å². The number of morpholine rings is 1. The van der Waals surface area contributed by atoms with Crippen LogP contribution < -0.4 is 0 Å². The van der Waals surface area contributed by atoms with E-state index < -0.39 is 5.60 Å². The number of amides is 1. The SMILES string of the molecule is CC(C)(O)C1CN([C]=O)CCO1. The minimum atomic E-state index is -0.893. The first-order valence-corrected chi connectivity index (χ1v) is 4.01. The highest BCUT2D eigenvalue weighted by molar-refractivity contribution is 5.48. The molecule has 1 N–H and O–H groups in total. The van der Waals surface area contributed by atoms with Crippen LogP contribution >= 0.6 is 0 Å². The number of rotatable bonds is 2. The summed E-state index contributed by atoms with van der Waals surface area (Å²) in [5.74, 6) is 0. The number of carbonyl (C=O) groups excluding carboxylic acids is 1. The van der Waals surface area contributed by atoms with Crippen LogP contribution in [0.5, 0.6) is 0 Å². The Kier molecular flexibility index (Phi) is 2.69. The molecule has 1 radical (unpaired) electrons. The maximum atomic E-state index is 10.3. The molecule has 0 aromatic rings. The zero-order valence-corrected chi connectivity index (χ0v) is 7.41. The molecule has 0 spiro atoms. The fraction of sp³-hybridized carbons (Fsp3) is 0.875. The third-order valence-electron chi connectivity index (χ3n) is 1.98. The van der Waals surface area contributed by atoms with Crippen LogP contribution in [0.2, 0.25) is 0 Å². The second-order valence-corrected chi connectivity index (χ2v) is 3.55. The molecule has 4 heteroatoms. The fourth-order valence-electron chi connectivity index (χ4n) is 1.16. The third kappa shape index (κ3) is 2.19. The van der Waals surface area contributed by atoms with Crippen molar-refractivity contribution in [3.8, 4) is 0 Å². The van der Waals surface area contributed by atoms with Gasteiger partial charge in [-0.3, -0.25) is 4.79 Å². The van der Waals surface area contributed by atoms with Crippen LogP contribution in [0, 0.1) is 0 Å². The molecule has 1 atom stereocenters. The maximum Gasteiger partial charge on any atom is 0.312 e. The van der Waals surface area contributed by atoms with Gasteiger partial charge in [0, 0.05) is 6.54 Å². The lowest BCUT2D eigenvalue weighted by molar-refractivity contribution is -0.116. The lowest BCUT2D eigenvalue weighted by Crippen LogP contribution is -2.51. The number of ether oxygens (including phenoxy) is 1. The average Bonchev–Trinajstić information content (AvgIpc) is 2.03. The molecule has 1 heterocycles. The Hall–Kier alpha value is -0.610. The Balaban J connectivity index is 2.51. The molecule has 0 aromatic heterocycles. The first-order valence-electron chi connectivity index (χ1n) is 4.01. The van der Waals surface area contributed by atoms with Crippen LogP contribution in [0.15, 0.2) is 0 Å². The summed E-state index contributed by atoms with van der Waals surface area (Å²) in [6, 6.07) is 0. The summed E-state index contributed by atoms with van der Waals surface area (Å²) in [6.45, 7) is 4.81. The lowest BCUT2D eigenvalue weighted by Gasteiger charge is -2.36. The van der Waals surface area contributed by atoms with E-state index in [1.54, 1.807) is 20.3 Å². The zero-order valence-electron chi connectivity index (χ0n) is 7.41. The van der Waals surface area contributed by atoms with Crippen molar-refractivity contribution in [2.24, 2.45) is 0 Å². The number of hydrogen-bond acceptors (Lipinski definition) is 3. The van der Waals surface area contributed by atoms with Crippen molar-refractivity contribution in [3.05, 3.63) is 0 Å². The molecule has 0 aliphatic carbocycles. The second kappa shape index (κ2) is 3.41. The van der Waals surface area contributed by atoms with Gasteiger partial charge in [-0.15, -0.1) is 0 Å². The molecule has 69 valence electrons. The molecular formula is C8H14NO3. The van der Waals surface area contributed by atoms with Crippen molar-refractivity contribution in [3.63, 3.8) is 0 Å². The van der Waals surface area contributed by atoms with Crippen LogP contribution in [0.25, 0.3) is 0 Å². The van der Waals surface area contributed by atoms with Gasteiger partial charge in [-0.25, -0.2) is 0 Å². The summed E-state index contributed by atoms with van der Waals surface area (Å²) in [7, 11) is 0. The lowest BCUT2D eigenvalue weighted by atomic mass is 10.0. The van der Waals surface area contributed by atoms with Crippen molar-refractivity contribution < 1.29 is 14.6 Å². The Morgan fingerprint density at radius 3 is 2.83 bits per heavy atom. The predicted molar refractivity (Wildman–Crippen MR) is 43.3 cm³/mol. The minimum Gasteiger partial charge on any atom is -0.388 e. The summed E-state index contributed by atoms with van der Waals surface area (Å²) < 4.78 is 5.30. The summed E-state index contributed by atoms with van der Waals surface area (Å²) in [4.78, 5) is 11.8. The van der Waals surface area contributed by atoms with E-state index in [0.29, 0.717) is 19.7 Å². The van der Waals surface area contributed by atoms with Gasteiger partial charge in [0.2, 0.25) is 0 Å². The Morgan fingerprint density at radius 1 is 1.67 bits per heavy atom. The molecule has 1 unspecified atom stereocenters. The van der Waals surface area contributed by atoms with Gasteiger partial charge < -0.3 is 14.7 Å². The van der Waals surface area contributed by atoms with E-state index in [9.17, 15) is 9.90 Å². The fourth-order valence-corrected chi connectivity index (χ4v) is 1.16. The molecule has 0 saturated carbocycles. The highest BCUT2D eigenvalue weighted by atomic mass is 16.5. The van der Waals surface area contributed by atoms with Crippen LogP contribution in [-0.4, -0.2) is 47.8 Å². The van der Waals surface area contributed by atoms with Crippen molar-refractivity contribution in [1.29, 1.82) is 0 Å². The quantitative estimate of drug-likeness (QED) is 0.612. The molecular weight excluding hydrogens is 158 g/mol. The molecule has 0 bridgehead atoms. The Labute approximate surface area is 72.1 Å². The maximum absolute atomic E-state index is 10.3. The normalized spacial score (nSPS) is 25.6. The van der Waals surface area contributed by atoms with Gasteiger partial charge in [-0.2, -0.15) is 0 Å². The summed E-state index contributed by atoms with van der Waals surface area (Å²) in [6.07, 6.45) is 1.50. The standard InChI is InChI=1S/C8H14NO3/c1-8(2,11)7-5-9(6-10)3-4-12-7/h7,11H,3-5H2,1-2H3. The van der Waals surface area contributed by atoms with E-state index in [0.717, 1.165) is 0 Å². The molecule has 1 rings (SSSR count). The third-order valence-corrected chi connectivity index (χ3v) is 1.98. The van der Waals surface area contributed by atoms with Gasteiger partial charge in [-0.1, -0.05) is 0 Å². The highest BCUT2D eigenvalue weighted by Gasteiger charge is 2.32.